The van der Waals surface area contributed by atoms with Crippen molar-refractivity contribution < 1.29 is 19.4 Å². The fourth-order valence-electron chi connectivity index (χ4n) is 1.69. The molecule has 0 aliphatic heterocycles. The molecule has 0 aromatic heterocycles. The number of aliphatic hydroxyl groups excluding tert-OH is 1. The molecular weight excluding hydrogens is 232 g/mol. The predicted octanol–water partition coefficient (Wildman–Crippen LogP) is 3.31. The standard InChI is InChI=1S/C14H24O4/c1-4-5-6-7-8-9-13(16)12(11(2)15)10-14(17)18-3/h16H,4-10H2,1-3H3/b13-12-. The Morgan fingerprint density at radius 1 is 1.11 bits per heavy atom. The number of Topliss-reactive ketones (excluding diaryl/α,β-unsaturated/α-hetero) is 1. The minimum absolute atomic E-state index is 0.0319. The van der Waals surface area contributed by atoms with Crippen LogP contribution in [0, 0.1) is 0 Å². The van der Waals surface area contributed by atoms with Crippen molar-refractivity contribution in [1.82, 2.24) is 0 Å². The lowest BCUT2D eigenvalue weighted by atomic mass is 10.0. The number of ether oxygens (including phenoxy) is 1. The Labute approximate surface area is 109 Å². The van der Waals surface area contributed by atoms with E-state index in [2.05, 4.69) is 11.7 Å². The third-order valence-electron chi connectivity index (χ3n) is 2.84. The van der Waals surface area contributed by atoms with Crippen LogP contribution in [-0.2, 0) is 14.3 Å². The molecular formula is C14H24O4. The molecule has 104 valence electrons. The summed E-state index contributed by atoms with van der Waals surface area (Å²) in [7, 11) is 1.27. The second-order valence-corrected chi connectivity index (χ2v) is 4.40. The molecule has 0 amide bonds. The highest BCUT2D eigenvalue weighted by atomic mass is 16.5. The van der Waals surface area contributed by atoms with Gasteiger partial charge in [-0.25, -0.2) is 0 Å². The summed E-state index contributed by atoms with van der Waals surface area (Å²) in [6.07, 6.45) is 5.67. The van der Waals surface area contributed by atoms with E-state index >= 15 is 0 Å². The van der Waals surface area contributed by atoms with Crippen LogP contribution in [0.4, 0.5) is 0 Å². The van der Waals surface area contributed by atoms with E-state index in [0.29, 0.717) is 6.42 Å². The van der Waals surface area contributed by atoms with Crippen LogP contribution in [0.2, 0.25) is 0 Å². The van der Waals surface area contributed by atoms with Gasteiger partial charge in [0.1, 0.15) is 0 Å². The summed E-state index contributed by atoms with van der Waals surface area (Å²) in [6.45, 7) is 3.49. The molecule has 0 saturated heterocycles. The maximum atomic E-state index is 11.3. The van der Waals surface area contributed by atoms with E-state index in [9.17, 15) is 14.7 Å². The van der Waals surface area contributed by atoms with Gasteiger partial charge in [0, 0.05) is 12.0 Å². The first-order valence-corrected chi connectivity index (χ1v) is 6.51. The first-order chi connectivity index (χ1) is 8.52. The summed E-state index contributed by atoms with van der Waals surface area (Å²) in [5.41, 5.74) is 0.178. The minimum Gasteiger partial charge on any atom is -0.512 e. The zero-order valence-corrected chi connectivity index (χ0v) is 11.6. The lowest BCUT2D eigenvalue weighted by Gasteiger charge is -2.07. The number of methoxy groups -OCH3 is 1. The number of hydrogen-bond donors (Lipinski definition) is 1. The fraction of sp³-hybridized carbons (Fsp3) is 0.714. The maximum Gasteiger partial charge on any atom is 0.310 e. The molecule has 0 spiro atoms. The van der Waals surface area contributed by atoms with Crippen LogP contribution in [0.5, 0.6) is 0 Å². The molecule has 0 bridgehead atoms. The Hall–Kier alpha value is -1.32. The van der Waals surface area contributed by atoms with Gasteiger partial charge in [-0.15, -0.1) is 0 Å². The van der Waals surface area contributed by atoms with E-state index in [1.807, 2.05) is 0 Å². The molecule has 0 heterocycles. The molecule has 0 fully saturated rings. The van der Waals surface area contributed by atoms with Crippen LogP contribution >= 0.6 is 0 Å². The third-order valence-corrected chi connectivity index (χ3v) is 2.84. The van der Waals surface area contributed by atoms with E-state index < -0.39 is 5.97 Å². The number of carbonyl (C=O) groups is 2. The molecule has 0 rings (SSSR count). The van der Waals surface area contributed by atoms with Crippen molar-refractivity contribution in [3.63, 3.8) is 0 Å². The van der Waals surface area contributed by atoms with Gasteiger partial charge >= 0.3 is 5.97 Å². The smallest absolute Gasteiger partial charge is 0.310 e. The van der Waals surface area contributed by atoms with E-state index in [4.69, 9.17) is 0 Å². The number of hydrogen-bond acceptors (Lipinski definition) is 4. The largest absolute Gasteiger partial charge is 0.512 e. The molecule has 0 aliphatic rings. The van der Waals surface area contributed by atoms with Crippen molar-refractivity contribution in [1.29, 1.82) is 0 Å². The summed E-state index contributed by atoms with van der Waals surface area (Å²) in [5.74, 6) is -0.742. The van der Waals surface area contributed by atoms with Gasteiger partial charge in [0.05, 0.1) is 19.3 Å². The second-order valence-electron chi connectivity index (χ2n) is 4.40. The zero-order chi connectivity index (χ0) is 14.0. The highest BCUT2D eigenvalue weighted by Gasteiger charge is 2.15. The second kappa shape index (κ2) is 9.68. The number of ketones is 1. The van der Waals surface area contributed by atoms with E-state index in [0.717, 1.165) is 19.3 Å². The highest BCUT2D eigenvalue weighted by molar-refractivity contribution is 5.97. The molecule has 4 heteroatoms. The monoisotopic (exact) mass is 256 g/mol. The maximum absolute atomic E-state index is 11.3. The topological polar surface area (TPSA) is 63.6 Å². The molecule has 0 aromatic rings. The molecule has 0 unspecified atom stereocenters. The quantitative estimate of drug-likeness (QED) is 0.297. The molecule has 0 atom stereocenters. The fourth-order valence-corrected chi connectivity index (χ4v) is 1.69. The van der Waals surface area contributed by atoms with Gasteiger partial charge < -0.3 is 9.84 Å². The van der Waals surface area contributed by atoms with Crippen LogP contribution in [-0.4, -0.2) is 24.0 Å². The van der Waals surface area contributed by atoms with Crippen LogP contribution < -0.4 is 0 Å². The Balaban J connectivity index is 4.31. The molecule has 0 radical (unpaired) electrons. The number of esters is 1. The number of carbonyl (C=O) groups excluding carboxylic acids is 2. The number of allylic oxidation sites excluding steroid dienone is 1. The van der Waals surface area contributed by atoms with Crippen molar-refractivity contribution in [2.45, 2.75) is 58.8 Å². The average molecular weight is 256 g/mol. The van der Waals surface area contributed by atoms with Crippen molar-refractivity contribution in [3.05, 3.63) is 11.3 Å². The Kier molecular flexibility index (Phi) is 8.97. The van der Waals surface area contributed by atoms with E-state index in [1.165, 1.54) is 26.9 Å². The summed E-state index contributed by atoms with van der Waals surface area (Å²) < 4.78 is 4.50. The van der Waals surface area contributed by atoms with Gasteiger partial charge in [-0.3, -0.25) is 9.59 Å². The third kappa shape index (κ3) is 7.09. The number of unbranched alkanes of at least 4 members (excludes halogenated alkanes) is 4. The Morgan fingerprint density at radius 3 is 2.22 bits per heavy atom. The lowest BCUT2D eigenvalue weighted by Crippen LogP contribution is -2.09. The first-order valence-electron chi connectivity index (χ1n) is 6.51. The van der Waals surface area contributed by atoms with Crippen molar-refractivity contribution in [2.75, 3.05) is 7.11 Å². The molecule has 0 aliphatic carbocycles. The summed E-state index contributed by atoms with van der Waals surface area (Å²) in [4.78, 5) is 22.5. The van der Waals surface area contributed by atoms with Crippen LogP contribution in [0.25, 0.3) is 0 Å². The van der Waals surface area contributed by atoms with Crippen molar-refractivity contribution in [3.8, 4) is 0 Å². The van der Waals surface area contributed by atoms with Crippen LogP contribution in [0.3, 0.4) is 0 Å². The molecule has 0 aromatic carbocycles. The van der Waals surface area contributed by atoms with Crippen LogP contribution in [0.15, 0.2) is 11.3 Å². The number of aliphatic hydroxyl groups is 1. The SMILES string of the molecule is CCCCCCC/C(O)=C(\CC(=O)OC)C(C)=O. The molecule has 18 heavy (non-hydrogen) atoms. The summed E-state index contributed by atoms with van der Waals surface area (Å²) >= 11 is 0. The predicted molar refractivity (Wildman–Crippen MR) is 70.3 cm³/mol. The Morgan fingerprint density at radius 2 is 1.72 bits per heavy atom. The summed E-state index contributed by atoms with van der Waals surface area (Å²) in [5, 5.41) is 9.83. The van der Waals surface area contributed by atoms with Gasteiger partial charge in [-0.1, -0.05) is 32.6 Å². The van der Waals surface area contributed by atoms with Gasteiger partial charge in [-0.05, 0) is 13.3 Å². The minimum atomic E-state index is -0.502. The van der Waals surface area contributed by atoms with Gasteiger partial charge in [0.25, 0.3) is 0 Å². The van der Waals surface area contributed by atoms with Gasteiger partial charge in [0.2, 0.25) is 0 Å². The zero-order valence-electron chi connectivity index (χ0n) is 11.6. The van der Waals surface area contributed by atoms with E-state index in [-0.39, 0.29) is 23.5 Å². The molecule has 1 N–H and O–H groups in total. The normalized spacial score (nSPS) is 11.9. The van der Waals surface area contributed by atoms with Crippen molar-refractivity contribution in [2.24, 2.45) is 0 Å². The van der Waals surface area contributed by atoms with Crippen LogP contribution in [0.1, 0.15) is 58.8 Å². The average Bonchev–Trinajstić information content (AvgIpc) is 2.34. The summed E-state index contributed by atoms with van der Waals surface area (Å²) in [6, 6.07) is 0. The first kappa shape index (κ1) is 16.7. The van der Waals surface area contributed by atoms with E-state index in [1.54, 1.807) is 0 Å². The number of rotatable bonds is 9. The lowest BCUT2D eigenvalue weighted by molar-refractivity contribution is -0.140. The van der Waals surface area contributed by atoms with Gasteiger partial charge in [-0.2, -0.15) is 0 Å². The highest BCUT2D eigenvalue weighted by Crippen LogP contribution is 2.16. The molecule has 0 saturated carbocycles. The van der Waals surface area contributed by atoms with Gasteiger partial charge in [0.15, 0.2) is 5.78 Å². The Bertz CT molecular complexity index is 305. The van der Waals surface area contributed by atoms with Crippen molar-refractivity contribution >= 4 is 11.8 Å². The molecule has 4 nitrogen and oxygen atoms in total.